The van der Waals surface area contributed by atoms with Crippen LogP contribution in [0.25, 0.3) is 32.9 Å². The molecule has 2 bridgehead atoms. The summed E-state index contributed by atoms with van der Waals surface area (Å²) >= 11 is -0.955. The van der Waals surface area contributed by atoms with Crippen molar-refractivity contribution in [1.29, 1.82) is 0 Å². The summed E-state index contributed by atoms with van der Waals surface area (Å²) in [4.78, 5) is 18.0. The number of terminal acetylenes is 1. The second kappa shape index (κ2) is 10.6. The lowest BCUT2D eigenvalue weighted by molar-refractivity contribution is 0.107. The summed E-state index contributed by atoms with van der Waals surface area (Å²) in [5, 5.41) is 11.5. The van der Waals surface area contributed by atoms with Crippen LogP contribution in [0.5, 0.6) is 11.8 Å². The van der Waals surface area contributed by atoms with E-state index < -0.39 is 34.5 Å². The molecule has 1 unspecified atom stereocenters. The monoisotopic (exact) mass is 633 g/mol. The van der Waals surface area contributed by atoms with Gasteiger partial charge in [0, 0.05) is 30.1 Å². The molecule has 8 nitrogen and oxygen atoms in total. The molecular weight excluding hydrogens is 603 g/mol. The van der Waals surface area contributed by atoms with Crippen molar-refractivity contribution in [3.63, 3.8) is 0 Å². The largest absolute Gasteiger partial charge is 0.616 e. The van der Waals surface area contributed by atoms with Crippen molar-refractivity contribution in [2.24, 2.45) is 0 Å². The molecule has 12 heteroatoms. The van der Waals surface area contributed by atoms with Crippen molar-refractivity contribution in [2.45, 2.75) is 55.9 Å². The lowest BCUT2D eigenvalue weighted by Gasteiger charge is -2.36. The summed E-state index contributed by atoms with van der Waals surface area (Å²) in [6, 6.07) is 5.28. The molecule has 6 heterocycles. The highest BCUT2D eigenvalue weighted by Crippen LogP contribution is 2.43. The molecule has 0 radical (unpaired) electrons. The van der Waals surface area contributed by atoms with Gasteiger partial charge in [-0.15, -0.1) is 6.42 Å². The Bertz CT molecular complexity index is 1890. The van der Waals surface area contributed by atoms with E-state index in [1.54, 1.807) is 0 Å². The summed E-state index contributed by atoms with van der Waals surface area (Å²) in [6.45, 7) is 1.32. The number of hydrogen-bond donors (Lipinski definition) is 1. The van der Waals surface area contributed by atoms with Crippen molar-refractivity contribution >= 4 is 38.7 Å². The van der Waals surface area contributed by atoms with Gasteiger partial charge in [-0.2, -0.15) is 9.97 Å². The Kier molecular flexibility index (Phi) is 6.78. The lowest BCUT2D eigenvalue weighted by Crippen LogP contribution is -2.49. The third-order valence-electron chi connectivity index (χ3n) is 9.95. The van der Waals surface area contributed by atoms with Crippen molar-refractivity contribution in [3.8, 4) is 35.4 Å². The summed E-state index contributed by atoms with van der Waals surface area (Å²) in [6.07, 6.45) is 9.96. The maximum atomic E-state index is 16.8. The fourth-order valence-electron chi connectivity index (χ4n) is 8.00. The minimum Gasteiger partial charge on any atom is -0.616 e. The summed E-state index contributed by atoms with van der Waals surface area (Å²) in [7, 11) is 0. The predicted octanol–water partition coefficient (Wildman–Crippen LogP) is 4.87. The average Bonchev–Trinajstić information content (AvgIpc) is 3.63. The molecule has 4 aliphatic heterocycles. The number of phenolic OH excluding ortho intramolecular Hbond substituents is 1. The van der Waals surface area contributed by atoms with E-state index >= 15 is 4.39 Å². The standard InChI is InChI=1S/C33H30F3N5O3S/c1-2-23-26(35)7-4-18-10-22(42)11-24(27(18)23)29-28(36)30-25(13-37-29)31(41-20-5-6-21(41)16-45(43)15-20)39-32(38-30)44-17-33-8-3-9-40(33)14-19(34)12-33/h1,4,7,10-11,13,19-21,42H,3,5-6,8-9,12,14-17H2/t19-,20-,21+,33+,45?/m1/s1. The van der Waals surface area contributed by atoms with Gasteiger partial charge in [-0.1, -0.05) is 12.0 Å². The van der Waals surface area contributed by atoms with Crippen LogP contribution >= 0.6 is 0 Å². The van der Waals surface area contributed by atoms with E-state index in [1.807, 2.05) is 0 Å². The van der Waals surface area contributed by atoms with E-state index in [4.69, 9.17) is 16.1 Å². The number of nitrogens with zero attached hydrogens (tertiary/aromatic N) is 5. The Balaban J connectivity index is 1.29. The van der Waals surface area contributed by atoms with Gasteiger partial charge in [-0.05, 0) is 67.0 Å². The van der Waals surface area contributed by atoms with Crippen LogP contribution in [0.2, 0.25) is 0 Å². The SMILES string of the molecule is C#Cc1c(F)ccc2cc(O)cc(-c3ncc4c(N5[C@@H]6CC[C@H]5C[S+]([O-])C6)nc(OC[C@@]56CCCN5C[C@H](F)C6)nc4c3F)c12. The van der Waals surface area contributed by atoms with E-state index in [0.717, 1.165) is 32.2 Å². The molecule has 2 aromatic heterocycles. The predicted molar refractivity (Wildman–Crippen MR) is 166 cm³/mol. The number of aromatic hydroxyl groups is 1. The second-order valence-electron chi connectivity index (χ2n) is 12.6. The molecule has 8 rings (SSSR count). The number of alkyl halides is 1. The van der Waals surface area contributed by atoms with Crippen LogP contribution < -0.4 is 9.64 Å². The topological polar surface area (TPSA) is 97.7 Å². The zero-order chi connectivity index (χ0) is 31.0. The zero-order valence-electron chi connectivity index (χ0n) is 24.3. The number of rotatable bonds is 5. The van der Waals surface area contributed by atoms with Crippen LogP contribution in [0, 0.1) is 24.0 Å². The van der Waals surface area contributed by atoms with Crippen molar-refractivity contribution in [2.75, 3.05) is 36.1 Å². The first-order valence-electron chi connectivity index (χ1n) is 15.2. The highest BCUT2D eigenvalue weighted by molar-refractivity contribution is 7.91. The molecule has 4 fully saturated rings. The van der Waals surface area contributed by atoms with Gasteiger partial charge in [0.2, 0.25) is 0 Å². The molecule has 5 atom stereocenters. The van der Waals surface area contributed by atoms with Gasteiger partial charge >= 0.3 is 6.01 Å². The molecule has 0 spiro atoms. The number of benzene rings is 2. The van der Waals surface area contributed by atoms with E-state index in [0.29, 0.717) is 41.1 Å². The van der Waals surface area contributed by atoms with Gasteiger partial charge < -0.3 is 19.3 Å². The third kappa shape index (κ3) is 4.58. The number of ether oxygens (including phenoxy) is 1. The highest BCUT2D eigenvalue weighted by atomic mass is 32.2. The fourth-order valence-corrected chi connectivity index (χ4v) is 9.65. The summed E-state index contributed by atoms with van der Waals surface area (Å²) < 4.78 is 64.8. The van der Waals surface area contributed by atoms with E-state index in [9.17, 15) is 18.4 Å². The lowest BCUT2D eigenvalue weighted by atomic mass is 9.95. The van der Waals surface area contributed by atoms with Gasteiger partial charge in [-0.3, -0.25) is 9.88 Å². The molecule has 4 aromatic rings. The van der Waals surface area contributed by atoms with Gasteiger partial charge in [0.05, 0.1) is 28.6 Å². The first-order valence-corrected chi connectivity index (χ1v) is 16.7. The summed E-state index contributed by atoms with van der Waals surface area (Å²) in [5.74, 6) is 2.15. The maximum Gasteiger partial charge on any atom is 0.319 e. The van der Waals surface area contributed by atoms with Crippen molar-refractivity contribution in [3.05, 3.63) is 47.7 Å². The van der Waals surface area contributed by atoms with Crippen LogP contribution in [0.1, 0.15) is 37.7 Å². The van der Waals surface area contributed by atoms with E-state index in [2.05, 4.69) is 25.7 Å². The molecule has 2 aromatic carbocycles. The Hall–Kier alpha value is -3.79. The van der Waals surface area contributed by atoms with Gasteiger partial charge in [0.15, 0.2) is 5.82 Å². The Labute approximate surface area is 260 Å². The Morgan fingerprint density at radius 2 is 1.98 bits per heavy atom. The minimum atomic E-state index is -0.955. The van der Waals surface area contributed by atoms with Crippen LogP contribution in [0.15, 0.2) is 30.5 Å². The molecule has 232 valence electrons. The van der Waals surface area contributed by atoms with Crippen LogP contribution in [0.4, 0.5) is 19.0 Å². The number of halogens is 3. The quantitative estimate of drug-likeness (QED) is 0.246. The molecule has 1 N–H and O–H groups in total. The number of aromatic nitrogens is 3. The smallest absolute Gasteiger partial charge is 0.319 e. The van der Waals surface area contributed by atoms with Gasteiger partial charge in [0.25, 0.3) is 0 Å². The number of pyridine rings is 1. The maximum absolute atomic E-state index is 16.8. The van der Waals surface area contributed by atoms with E-state index in [-0.39, 0.29) is 58.2 Å². The minimum absolute atomic E-state index is 0.0412. The van der Waals surface area contributed by atoms with Crippen LogP contribution in [-0.2, 0) is 11.2 Å². The second-order valence-corrected chi connectivity index (χ2v) is 14.1. The molecule has 4 saturated heterocycles. The fraction of sp³-hybridized carbons (Fsp3) is 0.424. The molecule has 4 aliphatic rings. The molecular formula is C33H30F3N5O3S. The van der Waals surface area contributed by atoms with Crippen LogP contribution in [0.3, 0.4) is 0 Å². The van der Waals surface area contributed by atoms with Crippen molar-refractivity contribution < 1.29 is 27.6 Å². The highest BCUT2D eigenvalue weighted by Gasteiger charge is 2.50. The van der Waals surface area contributed by atoms with Gasteiger partial charge in [-0.25, -0.2) is 13.2 Å². The Morgan fingerprint density at radius 3 is 2.76 bits per heavy atom. The Morgan fingerprint density at radius 1 is 1.18 bits per heavy atom. The van der Waals surface area contributed by atoms with Gasteiger partial charge in [0.1, 0.15) is 52.9 Å². The third-order valence-corrected chi connectivity index (χ3v) is 11.5. The molecule has 45 heavy (non-hydrogen) atoms. The van der Waals surface area contributed by atoms with Crippen LogP contribution in [-0.4, -0.2) is 84.5 Å². The molecule has 0 saturated carbocycles. The summed E-state index contributed by atoms with van der Waals surface area (Å²) in [5.41, 5.74) is -0.639. The molecule has 0 aliphatic carbocycles. The number of hydrogen-bond acceptors (Lipinski definition) is 8. The zero-order valence-corrected chi connectivity index (χ0v) is 25.1. The van der Waals surface area contributed by atoms with Crippen molar-refractivity contribution in [1.82, 2.24) is 19.9 Å². The number of anilines is 1. The number of phenols is 1. The first kappa shape index (κ1) is 28.7. The average molecular weight is 634 g/mol. The molecule has 0 amide bonds. The first-order chi connectivity index (χ1) is 21.7. The number of fused-ring (bicyclic) bond motifs is 5. The normalized spacial score (nSPS) is 27.8. The van der Waals surface area contributed by atoms with E-state index in [1.165, 1.54) is 30.5 Å².